The predicted molar refractivity (Wildman–Crippen MR) is 82.6 cm³/mol. The van der Waals surface area contributed by atoms with Crippen molar-refractivity contribution in [2.45, 2.75) is 39.0 Å². The van der Waals surface area contributed by atoms with Gasteiger partial charge in [-0.25, -0.2) is 4.98 Å². The summed E-state index contributed by atoms with van der Waals surface area (Å²) in [5, 5.41) is 0.746. The molecule has 0 aliphatic carbocycles. The summed E-state index contributed by atoms with van der Waals surface area (Å²) in [6, 6.07) is 5.64. The van der Waals surface area contributed by atoms with E-state index in [0.717, 1.165) is 23.1 Å². The quantitative estimate of drug-likeness (QED) is 0.757. The summed E-state index contributed by atoms with van der Waals surface area (Å²) < 4.78 is 5.82. The maximum absolute atomic E-state index is 5.92. The minimum absolute atomic E-state index is 0.187. The summed E-state index contributed by atoms with van der Waals surface area (Å²) in [7, 11) is 0. The van der Waals surface area contributed by atoms with E-state index in [9.17, 15) is 0 Å². The summed E-state index contributed by atoms with van der Waals surface area (Å²) >= 11 is 0. The lowest BCUT2D eigenvalue weighted by atomic mass is 10.2. The lowest BCUT2D eigenvalue weighted by molar-refractivity contribution is 0.308. The molecule has 0 fully saturated rings. The molecule has 108 valence electrons. The highest BCUT2D eigenvalue weighted by atomic mass is 16.5. The van der Waals surface area contributed by atoms with Crippen LogP contribution in [0, 0.1) is 0 Å². The Morgan fingerprint density at radius 2 is 1.85 bits per heavy atom. The van der Waals surface area contributed by atoms with E-state index in [1.807, 2.05) is 18.2 Å². The van der Waals surface area contributed by atoms with E-state index in [1.54, 1.807) is 0 Å². The number of unbranched alkanes of at least 4 members (excludes halogenated alkanes) is 4. The SMILES string of the molecule is CCCCCCCOc1cccc2nc(N)nc(N)c12. The molecule has 0 atom stereocenters. The van der Waals surface area contributed by atoms with Crippen LogP contribution in [0.2, 0.25) is 0 Å². The Hall–Kier alpha value is -2.04. The molecule has 0 aliphatic heterocycles. The number of aromatic nitrogens is 2. The standard InChI is InChI=1S/C15H22N4O/c1-2-3-4-5-6-10-20-12-9-7-8-11-13(12)14(16)19-15(17)18-11/h7-9H,2-6,10H2,1H3,(H4,16,17,18,19). The van der Waals surface area contributed by atoms with Crippen molar-refractivity contribution in [1.82, 2.24) is 9.97 Å². The Labute approximate surface area is 119 Å². The zero-order valence-electron chi connectivity index (χ0n) is 11.9. The van der Waals surface area contributed by atoms with Crippen molar-refractivity contribution in [3.63, 3.8) is 0 Å². The van der Waals surface area contributed by atoms with Gasteiger partial charge in [0.05, 0.1) is 17.5 Å². The number of nitrogens with zero attached hydrogens (tertiary/aromatic N) is 2. The topological polar surface area (TPSA) is 87.0 Å². The van der Waals surface area contributed by atoms with Crippen LogP contribution in [0.5, 0.6) is 5.75 Å². The molecule has 0 aliphatic rings. The fourth-order valence-corrected chi connectivity index (χ4v) is 2.21. The number of benzene rings is 1. The zero-order valence-corrected chi connectivity index (χ0v) is 11.9. The molecule has 5 heteroatoms. The molecule has 0 saturated carbocycles. The van der Waals surface area contributed by atoms with Gasteiger partial charge in [-0.05, 0) is 18.6 Å². The second-order valence-electron chi connectivity index (χ2n) is 4.88. The van der Waals surface area contributed by atoms with Gasteiger partial charge in [-0.1, -0.05) is 38.7 Å². The Kier molecular flexibility index (Phi) is 4.98. The van der Waals surface area contributed by atoms with E-state index in [4.69, 9.17) is 16.2 Å². The van der Waals surface area contributed by atoms with Gasteiger partial charge in [0.25, 0.3) is 0 Å². The average molecular weight is 274 g/mol. The van der Waals surface area contributed by atoms with Crippen molar-refractivity contribution in [1.29, 1.82) is 0 Å². The van der Waals surface area contributed by atoms with Crippen molar-refractivity contribution >= 4 is 22.7 Å². The summed E-state index contributed by atoms with van der Waals surface area (Å²) in [4.78, 5) is 8.17. The molecular formula is C15H22N4O. The van der Waals surface area contributed by atoms with Crippen molar-refractivity contribution in [2.24, 2.45) is 0 Å². The Morgan fingerprint density at radius 3 is 2.65 bits per heavy atom. The number of rotatable bonds is 7. The molecule has 0 amide bonds. The van der Waals surface area contributed by atoms with Crippen LogP contribution in [0.15, 0.2) is 18.2 Å². The number of anilines is 2. The number of fused-ring (bicyclic) bond motifs is 1. The van der Waals surface area contributed by atoms with Gasteiger partial charge >= 0.3 is 0 Å². The molecule has 1 aromatic heterocycles. The van der Waals surface area contributed by atoms with E-state index < -0.39 is 0 Å². The zero-order chi connectivity index (χ0) is 14.4. The third-order valence-electron chi connectivity index (χ3n) is 3.24. The molecule has 2 aromatic rings. The fraction of sp³-hybridized carbons (Fsp3) is 0.467. The normalized spacial score (nSPS) is 10.8. The van der Waals surface area contributed by atoms with Crippen LogP contribution in [-0.2, 0) is 0 Å². The van der Waals surface area contributed by atoms with Gasteiger partial charge in [-0.2, -0.15) is 4.98 Å². The summed E-state index contributed by atoms with van der Waals surface area (Å²) in [5.41, 5.74) is 12.2. The molecule has 20 heavy (non-hydrogen) atoms. The van der Waals surface area contributed by atoms with E-state index >= 15 is 0 Å². The third kappa shape index (κ3) is 3.50. The molecule has 0 unspecified atom stereocenters. The lowest BCUT2D eigenvalue weighted by Crippen LogP contribution is -2.03. The van der Waals surface area contributed by atoms with Crippen LogP contribution in [0.4, 0.5) is 11.8 Å². The van der Waals surface area contributed by atoms with Crippen LogP contribution in [0.1, 0.15) is 39.0 Å². The third-order valence-corrected chi connectivity index (χ3v) is 3.24. The first kappa shape index (κ1) is 14.4. The number of nitrogen functional groups attached to an aromatic ring is 2. The average Bonchev–Trinajstić information content (AvgIpc) is 2.42. The predicted octanol–water partition coefficient (Wildman–Crippen LogP) is 3.14. The van der Waals surface area contributed by atoms with Crippen LogP contribution < -0.4 is 16.2 Å². The van der Waals surface area contributed by atoms with Crippen molar-refractivity contribution in [3.05, 3.63) is 18.2 Å². The molecule has 0 bridgehead atoms. The molecule has 0 radical (unpaired) electrons. The summed E-state index contributed by atoms with van der Waals surface area (Å²) in [5.74, 6) is 1.29. The van der Waals surface area contributed by atoms with Crippen LogP contribution in [-0.4, -0.2) is 16.6 Å². The molecule has 4 N–H and O–H groups in total. The van der Waals surface area contributed by atoms with Gasteiger partial charge in [0.1, 0.15) is 11.6 Å². The van der Waals surface area contributed by atoms with Gasteiger partial charge < -0.3 is 16.2 Å². The van der Waals surface area contributed by atoms with E-state index in [1.165, 1.54) is 25.7 Å². The highest BCUT2D eigenvalue weighted by Gasteiger charge is 2.09. The Bertz CT molecular complexity index is 571. The summed E-state index contributed by atoms with van der Waals surface area (Å²) in [6.07, 6.45) is 6.04. The fourth-order valence-electron chi connectivity index (χ4n) is 2.21. The van der Waals surface area contributed by atoms with E-state index in [0.29, 0.717) is 12.4 Å². The Balaban J connectivity index is 2.03. The van der Waals surface area contributed by atoms with Crippen molar-refractivity contribution in [2.75, 3.05) is 18.1 Å². The number of hydrogen-bond donors (Lipinski definition) is 2. The first-order valence-corrected chi connectivity index (χ1v) is 7.17. The largest absolute Gasteiger partial charge is 0.493 e. The molecule has 1 heterocycles. The van der Waals surface area contributed by atoms with Crippen molar-refractivity contribution in [3.8, 4) is 5.75 Å². The van der Waals surface area contributed by atoms with Gasteiger partial charge in [0, 0.05) is 0 Å². The van der Waals surface area contributed by atoms with Crippen LogP contribution >= 0.6 is 0 Å². The van der Waals surface area contributed by atoms with Gasteiger partial charge in [-0.15, -0.1) is 0 Å². The minimum atomic E-state index is 0.187. The lowest BCUT2D eigenvalue weighted by Gasteiger charge is -2.10. The smallest absolute Gasteiger partial charge is 0.222 e. The minimum Gasteiger partial charge on any atom is -0.493 e. The van der Waals surface area contributed by atoms with Crippen molar-refractivity contribution < 1.29 is 4.74 Å². The molecular weight excluding hydrogens is 252 g/mol. The number of ether oxygens (including phenoxy) is 1. The van der Waals surface area contributed by atoms with Gasteiger partial charge in [0.2, 0.25) is 5.95 Å². The van der Waals surface area contributed by atoms with E-state index in [-0.39, 0.29) is 5.95 Å². The highest BCUT2D eigenvalue weighted by molar-refractivity contribution is 5.94. The molecule has 5 nitrogen and oxygen atoms in total. The second-order valence-corrected chi connectivity index (χ2v) is 4.88. The maximum atomic E-state index is 5.92. The van der Waals surface area contributed by atoms with Crippen LogP contribution in [0.3, 0.4) is 0 Å². The van der Waals surface area contributed by atoms with Gasteiger partial charge in [-0.3, -0.25) is 0 Å². The molecule has 0 spiro atoms. The van der Waals surface area contributed by atoms with Gasteiger partial charge in [0.15, 0.2) is 0 Å². The second kappa shape index (κ2) is 6.93. The molecule has 2 rings (SSSR count). The first-order valence-electron chi connectivity index (χ1n) is 7.17. The molecule has 1 aromatic carbocycles. The molecule has 0 saturated heterocycles. The van der Waals surface area contributed by atoms with Crippen LogP contribution in [0.25, 0.3) is 10.9 Å². The number of hydrogen-bond acceptors (Lipinski definition) is 5. The summed E-state index contributed by atoms with van der Waals surface area (Å²) in [6.45, 7) is 2.90. The monoisotopic (exact) mass is 274 g/mol. The highest BCUT2D eigenvalue weighted by Crippen LogP contribution is 2.29. The number of nitrogens with two attached hydrogens (primary N) is 2. The Morgan fingerprint density at radius 1 is 1.05 bits per heavy atom. The maximum Gasteiger partial charge on any atom is 0.222 e. The first-order chi connectivity index (χ1) is 9.72. The van der Waals surface area contributed by atoms with E-state index in [2.05, 4.69) is 16.9 Å².